The number of aliphatic carboxylic acids is 5. The quantitative estimate of drug-likeness (QED) is 0.0225. The number of carboxylic acid groups (broad SMARTS) is 5. The van der Waals surface area contributed by atoms with E-state index >= 15 is 0 Å². The molecule has 0 spiro atoms. The number of carbonyl (C=O) groups excluding carboxylic acids is 12. The Balaban J connectivity index is 5.72. The lowest BCUT2D eigenvalue weighted by Crippen LogP contribution is -2.46. The molecule has 0 aromatic carbocycles. The van der Waals surface area contributed by atoms with Gasteiger partial charge in [0.05, 0.1) is 19.3 Å². The molecule has 0 aliphatic heterocycles. The SMILES string of the molecule is CCOCCCC(=O)C(CCC(=O)NC(CCC(=O)NC(CCC(=O)NC(CCC(=O)NC(CCC(=O)NC(CCC(=O)NC(CCC(C)=O)C(=O)OCCOCC)C(=O)O)C(=O)O)C(=O)OCCOCC)C(=O)O)C(=O)O)NC(=O)CCC(NC(C)=O)C(=O)O. The third-order valence-electron chi connectivity index (χ3n) is 12.8. The highest BCUT2D eigenvalue weighted by Gasteiger charge is 2.31. The Morgan fingerprint density at radius 1 is 0.297 bits per heavy atom. The first kappa shape index (κ1) is 82.3. The number of ether oxygens (including phenoxy) is 5. The smallest absolute Gasteiger partial charge is 0.328 e. The number of amides is 8. The second kappa shape index (κ2) is 47.3. The maximum Gasteiger partial charge on any atom is 0.328 e. The average molecular weight is 1310 g/mol. The number of hydrogen-bond acceptors (Lipinski definition) is 22. The standard InChI is InChI=1S/C56H88N8O27/c1-6-87-27-9-10-42(67)34(58-43(68)21-14-35(50(75)76)57-33(5)66)13-20-44(69)59-36(51(77)78)15-22-45(70)61-39(54(83)84)18-25-49(74)64-41(56(86)91-31-29-89-8-3)19-26-47(72)62-37(52(79)80)16-23-46(71)60-38(53(81)82)17-24-48(73)63-40(12-11-32(4)65)55(85)90-30-28-88-7-2/h34-41H,6-31H2,1-5H3,(H,57,66)(H,58,68)(H,59,69)(H,60,71)(H,61,70)(H,62,72)(H,63,73)(H,64,74)(H,75,76)(H,77,78)(H,79,80)(H,81,82)(H,83,84). The van der Waals surface area contributed by atoms with Crippen molar-refractivity contribution in [3.63, 3.8) is 0 Å². The maximum atomic E-state index is 13.2. The van der Waals surface area contributed by atoms with Crippen molar-refractivity contribution in [2.24, 2.45) is 0 Å². The molecule has 514 valence electrons. The van der Waals surface area contributed by atoms with E-state index in [1.165, 1.54) is 6.92 Å². The predicted octanol–water partition coefficient (Wildman–Crippen LogP) is -2.32. The van der Waals surface area contributed by atoms with E-state index in [1.807, 2.05) is 0 Å². The lowest BCUT2D eigenvalue weighted by Gasteiger charge is -2.20. The summed E-state index contributed by atoms with van der Waals surface area (Å²) >= 11 is 0. The van der Waals surface area contributed by atoms with Crippen molar-refractivity contribution in [3.05, 3.63) is 0 Å². The van der Waals surface area contributed by atoms with Crippen LogP contribution in [-0.4, -0.2) is 227 Å². The summed E-state index contributed by atoms with van der Waals surface area (Å²) in [6.07, 6.45) is -7.81. The minimum atomic E-state index is -1.79. The molecule has 0 heterocycles. The molecular weight excluding hydrogens is 1220 g/mol. The molecule has 13 N–H and O–H groups in total. The Kier molecular flexibility index (Phi) is 42.7. The van der Waals surface area contributed by atoms with Crippen LogP contribution >= 0.6 is 0 Å². The molecule has 0 saturated carbocycles. The Labute approximate surface area is 523 Å². The number of carbonyl (C=O) groups is 17. The van der Waals surface area contributed by atoms with Gasteiger partial charge in [-0.3, -0.25) is 43.2 Å². The van der Waals surface area contributed by atoms with Gasteiger partial charge >= 0.3 is 41.8 Å². The molecule has 8 atom stereocenters. The highest BCUT2D eigenvalue weighted by atomic mass is 16.6. The molecule has 8 amide bonds. The zero-order chi connectivity index (χ0) is 69.0. The van der Waals surface area contributed by atoms with Crippen molar-refractivity contribution < 1.29 is 131 Å². The molecule has 0 fully saturated rings. The average Bonchev–Trinajstić information content (AvgIpc) is 3.60. The van der Waals surface area contributed by atoms with E-state index in [1.54, 1.807) is 20.8 Å². The van der Waals surface area contributed by atoms with Crippen LogP contribution in [-0.2, 0) is 105 Å². The molecular formula is C56H88N8O27. The monoisotopic (exact) mass is 1300 g/mol. The number of nitrogens with one attached hydrogen (secondary N) is 8. The van der Waals surface area contributed by atoms with Gasteiger partial charge in [-0.05, 0) is 85.5 Å². The third-order valence-corrected chi connectivity index (χ3v) is 12.8. The van der Waals surface area contributed by atoms with Crippen molar-refractivity contribution in [2.45, 2.75) is 199 Å². The van der Waals surface area contributed by atoms with Gasteiger partial charge in [-0.1, -0.05) is 0 Å². The number of hydrogen-bond donors (Lipinski definition) is 13. The normalized spacial score (nSPS) is 13.5. The summed E-state index contributed by atoms with van der Waals surface area (Å²) in [4.78, 5) is 212. The van der Waals surface area contributed by atoms with E-state index in [0.717, 1.165) is 6.92 Å². The molecule has 0 aromatic heterocycles. The van der Waals surface area contributed by atoms with E-state index in [-0.39, 0.29) is 83.9 Å². The van der Waals surface area contributed by atoms with Gasteiger partial charge in [0.1, 0.15) is 61.3 Å². The highest BCUT2D eigenvalue weighted by Crippen LogP contribution is 2.12. The Hall–Kier alpha value is -8.73. The lowest BCUT2D eigenvalue weighted by molar-refractivity contribution is -0.150. The van der Waals surface area contributed by atoms with Gasteiger partial charge in [0.15, 0.2) is 5.78 Å². The van der Waals surface area contributed by atoms with Crippen LogP contribution in [0.4, 0.5) is 0 Å². The number of carboxylic acids is 5. The van der Waals surface area contributed by atoms with Crippen LogP contribution in [0.2, 0.25) is 0 Å². The summed E-state index contributed by atoms with van der Waals surface area (Å²) in [6.45, 7) is 8.13. The summed E-state index contributed by atoms with van der Waals surface area (Å²) < 4.78 is 25.7. The van der Waals surface area contributed by atoms with Gasteiger partial charge in [-0.2, -0.15) is 0 Å². The lowest BCUT2D eigenvalue weighted by atomic mass is 10.0. The molecule has 0 aromatic rings. The number of Topliss-reactive ketones (excluding diaryl/α,β-unsaturated/α-hetero) is 2. The Morgan fingerprint density at radius 3 is 0.813 bits per heavy atom. The van der Waals surface area contributed by atoms with Gasteiger partial charge in [-0.25, -0.2) is 33.6 Å². The fourth-order valence-electron chi connectivity index (χ4n) is 8.04. The highest BCUT2D eigenvalue weighted by molar-refractivity contribution is 5.92. The third kappa shape index (κ3) is 39.8. The summed E-state index contributed by atoms with van der Waals surface area (Å²) in [5, 5.41) is 66.6. The summed E-state index contributed by atoms with van der Waals surface area (Å²) in [5.41, 5.74) is 0. The molecule has 0 aliphatic rings. The molecule has 0 rings (SSSR count). The molecule has 0 aliphatic carbocycles. The Bertz CT molecular complexity index is 2480. The largest absolute Gasteiger partial charge is 0.480 e. The number of esters is 2. The summed E-state index contributed by atoms with van der Waals surface area (Å²) in [6, 6.07) is -12.5. The summed E-state index contributed by atoms with van der Waals surface area (Å²) in [7, 11) is 0. The van der Waals surface area contributed by atoms with Crippen molar-refractivity contribution in [2.75, 3.05) is 52.9 Å². The van der Waals surface area contributed by atoms with Gasteiger partial charge in [0.2, 0.25) is 47.3 Å². The van der Waals surface area contributed by atoms with Crippen molar-refractivity contribution >= 4 is 101 Å². The zero-order valence-corrected chi connectivity index (χ0v) is 51.7. The first-order valence-electron chi connectivity index (χ1n) is 29.5. The van der Waals surface area contributed by atoms with Crippen LogP contribution in [0.15, 0.2) is 0 Å². The van der Waals surface area contributed by atoms with Crippen molar-refractivity contribution in [1.82, 2.24) is 42.5 Å². The van der Waals surface area contributed by atoms with E-state index in [9.17, 15) is 107 Å². The van der Waals surface area contributed by atoms with Crippen LogP contribution < -0.4 is 42.5 Å². The van der Waals surface area contributed by atoms with E-state index in [0.29, 0.717) is 13.2 Å². The van der Waals surface area contributed by atoms with Crippen molar-refractivity contribution in [3.8, 4) is 0 Å². The number of rotatable bonds is 53. The first-order chi connectivity index (χ1) is 42.9. The fraction of sp³-hybridized carbons (Fsp3) is 0.696. The van der Waals surface area contributed by atoms with Crippen molar-refractivity contribution in [1.29, 1.82) is 0 Å². The molecule has 35 heteroatoms. The minimum absolute atomic E-state index is 0.0713. The molecule has 0 bridgehead atoms. The molecule has 0 saturated heterocycles. The predicted molar refractivity (Wildman–Crippen MR) is 309 cm³/mol. The van der Waals surface area contributed by atoms with Gasteiger partial charge in [0, 0.05) is 91.1 Å². The van der Waals surface area contributed by atoms with Gasteiger partial charge in [0.25, 0.3) is 0 Å². The molecule has 0 radical (unpaired) electrons. The minimum Gasteiger partial charge on any atom is -0.480 e. The Morgan fingerprint density at radius 2 is 0.538 bits per heavy atom. The van der Waals surface area contributed by atoms with Crippen LogP contribution in [0.3, 0.4) is 0 Å². The van der Waals surface area contributed by atoms with Crippen LogP contribution in [0.1, 0.15) is 150 Å². The topological polar surface area (TPSA) is 534 Å². The second-order valence-electron chi connectivity index (χ2n) is 20.3. The fourth-order valence-corrected chi connectivity index (χ4v) is 8.04. The maximum absolute atomic E-state index is 13.2. The second-order valence-corrected chi connectivity index (χ2v) is 20.3. The number of ketones is 2. The van der Waals surface area contributed by atoms with Gasteiger partial charge in [-0.15, -0.1) is 0 Å². The van der Waals surface area contributed by atoms with Crippen LogP contribution in [0, 0.1) is 0 Å². The van der Waals surface area contributed by atoms with E-state index in [4.69, 9.17) is 23.7 Å². The van der Waals surface area contributed by atoms with Gasteiger partial charge < -0.3 is 96.5 Å². The van der Waals surface area contributed by atoms with Crippen LogP contribution in [0.25, 0.3) is 0 Å². The first-order valence-corrected chi connectivity index (χ1v) is 29.5. The zero-order valence-electron chi connectivity index (χ0n) is 51.7. The molecule has 91 heavy (non-hydrogen) atoms. The molecule has 8 unspecified atom stereocenters. The van der Waals surface area contributed by atoms with Crippen LogP contribution in [0.5, 0.6) is 0 Å². The van der Waals surface area contributed by atoms with E-state index < -0.39 is 220 Å². The van der Waals surface area contributed by atoms with E-state index in [2.05, 4.69) is 42.5 Å². The summed E-state index contributed by atoms with van der Waals surface area (Å²) in [5.74, 6) is -17.9. The molecule has 35 nitrogen and oxygen atoms in total.